The molecule has 0 radical (unpaired) electrons. The van der Waals surface area contributed by atoms with Gasteiger partial charge in [-0.3, -0.25) is 4.79 Å². The Hall–Kier alpha value is -3.11. The van der Waals surface area contributed by atoms with Crippen LogP contribution in [0.4, 0.5) is 5.69 Å². The zero-order valence-electron chi connectivity index (χ0n) is 17.1. The molecule has 5 rings (SSSR count). The molecule has 3 nitrogen and oxygen atoms in total. The zero-order valence-corrected chi connectivity index (χ0v) is 17.9. The van der Waals surface area contributed by atoms with Crippen LogP contribution < -0.4 is 9.64 Å². The maximum atomic E-state index is 13.7. The average molecular weight is 414 g/mol. The number of benzene rings is 3. The van der Waals surface area contributed by atoms with Crippen molar-refractivity contribution in [2.75, 3.05) is 12.0 Å². The Labute approximate surface area is 180 Å². The maximum absolute atomic E-state index is 13.7. The molecular formula is C26H23NO2S. The number of fused-ring (bicyclic) bond motifs is 2. The summed E-state index contributed by atoms with van der Waals surface area (Å²) in [5, 5.41) is 1.25. The molecule has 4 aromatic rings. The van der Waals surface area contributed by atoms with E-state index in [0.717, 1.165) is 22.6 Å². The van der Waals surface area contributed by atoms with Gasteiger partial charge in [-0.25, -0.2) is 0 Å². The standard InChI is InChI=1S/C26H23NO2S/c1-26(16-21-15-19-7-3-6-10-24(19)30-21)22-8-4-5-9-23(22)27(25(26)28)17-18-11-13-20(29-2)14-12-18/h3-15H,16-17H2,1-2H3. The van der Waals surface area contributed by atoms with Gasteiger partial charge in [0.15, 0.2) is 0 Å². The van der Waals surface area contributed by atoms with E-state index in [1.54, 1.807) is 18.4 Å². The van der Waals surface area contributed by atoms with E-state index in [4.69, 9.17) is 4.74 Å². The van der Waals surface area contributed by atoms with Crippen molar-refractivity contribution in [1.29, 1.82) is 0 Å². The summed E-state index contributed by atoms with van der Waals surface area (Å²) in [6.07, 6.45) is 0.710. The minimum absolute atomic E-state index is 0.164. The molecule has 4 heteroatoms. The molecule has 150 valence electrons. The monoisotopic (exact) mass is 413 g/mol. The molecule has 1 unspecified atom stereocenters. The second-order valence-electron chi connectivity index (χ2n) is 8.02. The third-order valence-electron chi connectivity index (χ3n) is 6.01. The van der Waals surface area contributed by atoms with Crippen molar-refractivity contribution >= 4 is 33.0 Å². The van der Waals surface area contributed by atoms with Crippen LogP contribution in [0.2, 0.25) is 0 Å². The van der Waals surface area contributed by atoms with E-state index in [0.29, 0.717) is 13.0 Å². The summed E-state index contributed by atoms with van der Waals surface area (Å²) in [5.41, 5.74) is 2.65. The van der Waals surface area contributed by atoms with Crippen LogP contribution in [0.25, 0.3) is 10.1 Å². The van der Waals surface area contributed by atoms with Gasteiger partial charge in [-0.05, 0) is 53.8 Å². The van der Waals surface area contributed by atoms with Gasteiger partial charge in [-0.15, -0.1) is 11.3 Å². The summed E-state index contributed by atoms with van der Waals surface area (Å²) >= 11 is 1.78. The highest BCUT2D eigenvalue weighted by Gasteiger charge is 2.47. The van der Waals surface area contributed by atoms with E-state index in [1.165, 1.54) is 15.0 Å². The Bertz CT molecular complexity index is 1190. The SMILES string of the molecule is COc1ccc(CN2C(=O)C(C)(Cc3cc4ccccc4s3)c3ccccc32)cc1. The molecule has 0 fully saturated rings. The van der Waals surface area contributed by atoms with E-state index in [2.05, 4.69) is 49.4 Å². The van der Waals surface area contributed by atoms with Gasteiger partial charge in [0.05, 0.1) is 19.1 Å². The van der Waals surface area contributed by atoms with Crippen LogP contribution in [0.5, 0.6) is 5.75 Å². The highest BCUT2D eigenvalue weighted by Crippen LogP contribution is 2.45. The molecule has 30 heavy (non-hydrogen) atoms. The second-order valence-corrected chi connectivity index (χ2v) is 9.18. The lowest BCUT2D eigenvalue weighted by atomic mass is 9.80. The maximum Gasteiger partial charge on any atom is 0.238 e. The zero-order chi connectivity index (χ0) is 20.7. The predicted octanol–water partition coefficient (Wildman–Crippen LogP) is 5.96. The van der Waals surface area contributed by atoms with Crippen LogP contribution in [0.1, 0.15) is 22.9 Å². The van der Waals surface area contributed by atoms with Gasteiger partial charge in [0.2, 0.25) is 5.91 Å². The van der Waals surface area contributed by atoms with E-state index in [9.17, 15) is 4.79 Å². The van der Waals surface area contributed by atoms with E-state index in [1.807, 2.05) is 41.3 Å². The number of ether oxygens (including phenoxy) is 1. The minimum atomic E-state index is -0.566. The van der Waals surface area contributed by atoms with E-state index < -0.39 is 5.41 Å². The Morgan fingerprint density at radius 3 is 2.47 bits per heavy atom. The first-order valence-electron chi connectivity index (χ1n) is 10.1. The van der Waals surface area contributed by atoms with Crippen LogP contribution in [0, 0.1) is 0 Å². The van der Waals surface area contributed by atoms with Crippen molar-refractivity contribution in [1.82, 2.24) is 0 Å². The highest BCUT2D eigenvalue weighted by molar-refractivity contribution is 7.19. The fraction of sp³-hybridized carbons (Fsp3) is 0.192. The molecule has 1 aliphatic rings. The van der Waals surface area contributed by atoms with E-state index >= 15 is 0 Å². The lowest BCUT2D eigenvalue weighted by Gasteiger charge is -2.24. The number of rotatable bonds is 5. The number of carbonyl (C=O) groups is 1. The van der Waals surface area contributed by atoms with Gasteiger partial charge >= 0.3 is 0 Å². The van der Waals surface area contributed by atoms with E-state index in [-0.39, 0.29) is 5.91 Å². The molecular weight excluding hydrogens is 390 g/mol. The summed E-state index contributed by atoms with van der Waals surface area (Å²) in [5.74, 6) is 0.985. The molecule has 0 bridgehead atoms. The van der Waals surface area contributed by atoms with Crippen molar-refractivity contribution < 1.29 is 9.53 Å². The Morgan fingerprint density at radius 1 is 0.967 bits per heavy atom. The largest absolute Gasteiger partial charge is 0.497 e. The molecule has 0 N–H and O–H groups in total. The molecule has 1 atom stereocenters. The molecule has 0 saturated carbocycles. The van der Waals surface area contributed by atoms with Gasteiger partial charge in [-0.1, -0.05) is 48.5 Å². The summed E-state index contributed by atoms with van der Waals surface area (Å²) in [4.78, 5) is 16.9. The first-order chi connectivity index (χ1) is 14.6. The van der Waals surface area contributed by atoms with Crippen LogP contribution in [-0.4, -0.2) is 13.0 Å². The third-order valence-corrected chi connectivity index (χ3v) is 7.13. The summed E-state index contributed by atoms with van der Waals surface area (Å²) in [6, 6.07) is 26.8. The lowest BCUT2D eigenvalue weighted by molar-refractivity contribution is -0.122. The summed E-state index contributed by atoms with van der Waals surface area (Å²) in [6.45, 7) is 2.65. The number of thiophene rings is 1. The first kappa shape index (κ1) is 18.9. The molecule has 0 aliphatic carbocycles. The van der Waals surface area contributed by atoms with Crippen molar-refractivity contribution in [3.05, 3.63) is 94.9 Å². The average Bonchev–Trinajstić information content (AvgIpc) is 3.27. The van der Waals surface area contributed by atoms with Crippen LogP contribution in [-0.2, 0) is 23.2 Å². The number of anilines is 1. The Kier molecular flexibility index (Phi) is 4.59. The smallest absolute Gasteiger partial charge is 0.238 e. The normalized spacial score (nSPS) is 18.1. The summed E-state index contributed by atoms with van der Waals surface area (Å²) in [7, 11) is 1.66. The van der Waals surface area contributed by atoms with Crippen LogP contribution in [0.15, 0.2) is 78.9 Å². The fourth-order valence-corrected chi connectivity index (χ4v) is 5.63. The highest BCUT2D eigenvalue weighted by atomic mass is 32.1. The third kappa shape index (κ3) is 3.08. The van der Waals surface area contributed by atoms with Gasteiger partial charge in [-0.2, -0.15) is 0 Å². The molecule has 3 aromatic carbocycles. The van der Waals surface area contributed by atoms with Gasteiger partial charge < -0.3 is 9.64 Å². The number of nitrogens with zero attached hydrogens (tertiary/aromatic N) is 1. The minimum Gasteiger partial charge on any atom is -0.497 e. The first-order valence-corrected chi connectivity index (χ1v) is 10.9. The molecule has 1 amide bonds. The van der Waals surface area contributed by atoms with Crippen LogP contribution in [0.3, 0.4) is 0 Å². The molecule has 0 spiro atoms. The Morgan fingerprint density at radius 2 is 1.70 bits per heavy atom. The number of para-hydroxylation sites is 1. The Balaban J connectivity index is 1.50. The number of hydrogen-bond donors (Lipinski definition) is 0. The fourth-order valence-electron chi connectivity index (χ4n) is 4.41. The summed E-state index contributed by atoms with van der Waals surface area (Å²) < 4.78 is 6.53. The number of methoxy groups -OCH3 is 1. The number of carbonyl (C=O) groups excluding carboxylic acids is 1. The molecule has 2 heterocycles. The number of amides is 1. The van der Waals surface area contributed by atoms with Crippen molar-refractivity contribution in [3.8, 4) is 5.75 Å². The van der Waals surface area contributed by atoms with Crippen molar-refractivity contribution in [2.24, 2.45) is 0 Å². The molecule has 1 aliphatic heterocycles. The predicted molar refractivity (Wildman–Crippen MR) is 124 cm³/mol. The molecule has 1 aromatic heterocycles. The topological polar surface area (TPSA) is 29.5 Å². The van der Waals surface area contributed by atoms with Gasteiger partial charge in [0.25, 0.3) is 0 Å². The number of hydrogen-bond acceptors (Lipinski definition) is 3. The second kappa shape index (κ2) is 7.29. The lowest BCUT2D eigenvalue weighted by Crippen LogP contribution is -2.39. The van der Waals surface area contributed by atoms with Crippen molar-refractivity contribution in [2.45, 2.75) is 25.3 Å². The molecule has 0 saturated heterocycles. The van der Waals surface area contributed by atoms with Gasteiger partial charge in [0, 0.05) is 21.7 Å². The van der Waals surface area contributed by atoms with Gasteiger partial charge in [0.1, 0.15) is 5.75 Å². The van der Waals surface area contributed by atoms with Crippen LogP contribution >= 0.6 is 11.3 Å². The quantitative estimate of drug-likeness (QED) is 0.404. The van der Waals surface area contributed by atoms with Crippen molar-refractivity contribution in [3.63, 3.8) is 0 Å².